The highest BCUT2D eigenvalue weighted by Gasteiger charge is 2.31. The van der Waals surface area contributed by atoms with Gasteiger partial charge >= 0.3 is 6.18 Å². The van der Waals surface area contributed by atoms with Gasteiger partial charge in [-0.05, 0) is 12.1 Å². The van der Waals surface area contributed by atoms with Gasteiger partial charge in [0.2, 0.25) is 5.91 Å². The maximum absolute atomic E-state index is 12.5. The van der Waals surface area contributed by atoms with Gasteiger partial charge in [0.05, 0.1) is 5.56 Å². The van der Waals surface area contributed by atoms with Crippen LogP contribution in [0.3, 0.4) is 0 Å². The van der Waals surface area contributed by atoms with Crippen molar-refractivity contribution in [1.82, 2.24) is 4.98 Å². The van der Waals surface area contributed by atoms with Crippen molar-refractivity contribution < 1.29 is 18.0 Å². The van der Waals surface area contributed by atoms with Gasteiger partial charge in [-0.2, -0.15) is 13.2 Å². The predicted molar refractivity (Wildman–Crippen MR) is 59.7 cm³/mol. The first kappa shape index (κ1) is 12.2. The molecule has 0 spiro atoms. The second-order valence-electron chi connectivity index (χ2n) is 3.71. The van der Waals surface area contributed by atoms with Gasteiger partial charge < -0.3 is 10.7 Å². The SMILES string of the molecule is NC(=O)c1ccccc1-c1cc(C(F)(F)F)c[nH]1. The van der Waals surface area contributed by atoms with E-state index in [1.165, 1.54) is 12.1 Å². The van der Waals surface area contributed by atoms with Crippen molar-refractivity contribution in [3.8, 4) is 11.3 Å². The van der Waals surface area contributed by atoms with Gasteiger partial charge in [0.25, 0.3) is 0 Å². The van der Waals surface area contributed by atoms with E-state index in [9.17, 15) is 18.0 Å². The topological polar surface area (TPSA) is 58.9 Å². The maximum atomic E-state index is 12.5. The fourth-order valence-corrected chi connectivity index (χ4v) is 1.65. The third-order valence-electron chi connectivity index (χ3n) is 2.49. The Bertz CT molecular complexity index is 587. The Morgan fingerprint density at radius 3 is 2.44 bits per heavy atom. The highest BCUT2D eigenvalue weighted by atomic mass is 19.4. The van der Waals surface area contributed by atoms with Crippen LogP contribution in [0.2, 0.25) is 0 Å². The molecule has 0 unspecified atom stereocenters. The van der Waals surface area contributed by atoms with Crippen LogP contribution >= 0.6 is 0 Å². The number of aromatic amines is 1. The largest absolute Gasteiger partial charge is 0.417 e. The van der Waals surface area contributed by atoms with Crippen molar-refractivity contribution in [2.24, 2.45) is 5.73 Å². The van der Waals surface area contributed by atoms with Gasteiger partial charge in [-0.15, -0.1) is 0 Å². The molecule has 3 N–H and O–H groups in total. The Morgan fingerprint density at radius 2 is 1.89 bits per heavy atom. The number of amides is 1. The van der Waals surface area contributed by atoms with Gasteiger partial charge in [-0.25, -0.2) is 0 Å². The Labute approximate surface area is 100 Å². The number of aromatic nitrogens is 1. The second kappa shape index (κ2) is 4.21. The van der Waals surface area contributed by atoms with E-state index in [1.807, 2.05) is 0 Å². The van der Waals surface area contributed by atoms with E-state index in [4.69, 9.17) is 5.73 Å². The van der Waals surface area contributed by atoms with E-state index in [-0.39, 0.29) is 11.3 Å². The molecule has 94 valence electrons. The lowest BCUT2D eigenvalue weighted by Crippen LogP contribution is -2.12. The number of rotatable bonds is 2. The summed E-state index contributed by atoms with van der Waals surface area (Å²) in [4.78, 5) is 13.7. The average Bonchev–Trinajstić information content (AvgIpc) is 2.77. The van der Waals surface area contributed by atoms with Crippen LogP contribution in [-0.2, 0) is 6.18 Å². The molecule has 2 aromatic rings. The highest BCUT2D eigenvalue weighted by molar-refractivity contribution is 5.99. The fourth-order valence-electron chi connectivity index (χ4n) is 1.65. The zero-order chi connectivity index (χ0) is 13.3. The summed E-state index contributed by atoms with van der Waals surface area (Å²) in [7, 11) is 0. The average molecular weight is 254 g/mol. The molecule has 1 amide bonds. The van der Waals surface area contributed by atoms with Crippen molar-refractivity contribution in [2.45, 2.75) is 6.18 Å². The first-order valence-electron chi connectivity index (χ1n) is 5.04. The van der Waals surface area contributed by atoms with Gasteiger partial charge in [-0.1, -0.05) is 18.2 Å². The summed E-state index contributed by atoms with van der Waals surface area (Å²) in [5, 5.41) is 0. The smallest absolute Gasteiger partial charge is 0.366 e. The number of primary amides is 1. The third-order valence-corrected chi connectivity index (χ3v) is 2.49. The first-order chi connectivity index (χ1) is 8.39. The molecule has 0 bridgehead atoms. The molecule has 18 heavy (non-hydrogen) atoms. The first-order valence-corrected chi connectivity index (χ1v) is 5.04. The van der Waals surface area contributed by atoms with Gasteiger partial charge in [-0.3, -0.25) is 4.79 Å². The van der Waals surface area contributed by atoms with Crippen LogP contribution in [0.4, 0.5) is 13.2 Å². The number of benzene rings is 1. The molecule has 1 heterocycles. The Hall–Kier alpha value is -2.24. The number of hydrogen-bond donors (Lipinski definition) is 2. The summed E-state index contributed by atoms with van der Waals surface area (Å²) in [5.74, 6) is -0.686. The lowest BCUT2D eigenvalue weighted by Gasteiger charge is -2.04. The third kappa shape index (κ3) is 2.22. The molecule has 0 aliphatic rings. The highest BCUT2D eigenvalue weighted by Crippen LogP contribution is 2.32. The summed E-state index contributed by atoms with van der Waals surface area (Å²) in [6, 6.07) is 7.16. The lowest BCUT2D eigenvalue weighted by atomic mass is 10.0. The van der Waals surface area contributed by atoms with Crippen molar-refractivity contribution >= 4 is 5.91 Å². The number of carbonyl (C=O) groups excluding carboxylic acids is 1. The molecular formula is C12H9F3N2O. The van der Waals surface area contributed by atoms with Gasteiger partial charge in [0.1, 0.15) is 0 Å². The van der Waals surface area contributed by atoms with E-state index in [1.54, 1.807) is 12.1 Å². The minimum Gasteiger partial charge on any atom is -0.366 e. The number of nitrogens with one attached hydrogen (secondary N) is 1. The maximum Gasteiger partial charge on any atom is 0.417 e. The number of carbonyl (C=O) groups is 1. The quantitative estimate of drug-likeness (QED) is 0.850. The number of halogens is 3. The predicted octanol–water partition coefficient (Wildman–Crippen LogP) is 2.80. The molecule has 0 atom stereocenters. The van der Waals surface area contributed by atoms with Crippen molar-refractivity contribution in [3.63, 3.8) is 0 Å². The fraction of sp³-hybridized carbons (Fsp3) is 0.0833. The molecule has 1 aromatic carbocycles. The molecule has 0 saturated carbocycles. The summed E-state index contributed by atoms with van der Waals surface area (Å²) >= 11 is 0. The summed E-state index contributed by atoms with van der Waals surface area (Å²) in [5.41, 5.74) is 5.10. The Morgan fingerprint density at radius 1 is 1.22 bits per heavy atom. The van der Waals surface area contributed by atoms with E-state index < -0.39 is 17.6 Å². The van der Waals surface area contributed by atoms with E-state index >= 15 is 0 Å². The molecule has 0 radical (unpaired) electrons. The zero-order valence-corrected chi connectivity index (χ0v) is 9.08. The second-order valence-corrected chi connectivity index (χ2v) is 3.71. The summed E-state index contributed by atoms with van der Waals surface area (Å²) in [6.07, 6.45) is -3.57. The van der Waals surface area contributed by atoms with Crippen LogP contribution in [0.25, 0.3) is 11.3 Å². The molecule has 2 rings (SSSR count). The number of nitrogens with two attached hydrogens (primary N) is 1. The number of hydrogen-bond acceptors (Lipinski definition) is 1. The summed E-state index contributed by atoms with van der Waals surface area (Å²) < 4.78 is 37.4. The lowest BCUT2D eigenvalue weighted by molar-refractivity contribution is -0.137. The van der Waals surface area contributed by atoms with E-state index in [0.29, 0.717) is 5.56 Å². The zero-order valence-electron chi connectivity index (χ0n) is 9.08. The van der Waals surface area contributed by atoms with Crippen LogP contribution < -0.4 is 5.73 Å². The normalized spacial score (nSPS) is 11.5. The van der Waals surface area contributed by atoms with Gasteiger partial charge in [0.15, 0.2) is 0 Å². The molecule has 0 fully saturated rings. The van der Waals surface area contributed by atoms with Gasteiger partial charge in [0, 0.05) is 23.0 Å². The number of alkyl halides is 3. The van der Waals surface area contributed by atoms with Crippen LogP contribution in [0.5, 0.6) is 0 Å². The van der Waals surface area contributed by atoms with Crippen LogP contribution in [0.1, 0.15) is 15.9 Å². The van der Waals surface area contributed by atoms with E-state index in [0.717, 1.165) is 12.3 Å². The minimum absolute atomic E-state index is 0.174. The van der Waals surface area contributed by atoms with Crippen molar-refractivity contribution in [3.05, 3.63) is 47.7 Å². The minimum atomic E-state index is -4.42. The molecule has 0 saturated heterocycles. The van der Waals surface area contributed by atoms with Crippen LogP contribution in [0, 0.1) is 0 Å². The van der Waals surface area contributed by atoms with Crippen molar-refractivity contribution in [1.29, 1.82) is 0 Å². The Kier molecular flexibility index (Phi) is 2.86. The van der Waals surface area contributed by atoms with E-state index in [2.05, 4.69) is 4.98 Å². The standard InChI is InChI=1S/C12H9F3N2O/c13-12(14,15)7-5-10(17-6-7)8-3-1-2-4-9(8)11(16)18/h1-6,17H,(H2,16,18). The number of H-pyrrole nitrogens is 1. The molecule has 3 nitrogen and oxygen atoms in total. The van der Waals surface area contributed by atoms with Crippen LogP contribution in [0.15, 0.2) is 36.5 Å². The summed E-state index contributed by atoms with van der Waals surface area (Å²) in [6.45, 7) is 0. The molecule has 0 aliphatic heterocycles. The molecule has 6 heteroatoms. The molecule has 0 aliphatic carbocycles. The van der Waals surface area contributed by atoms with Crippen LogP contribution in [-0.4, -0.2) is 10.9 Å². The van der Waals surface area contributed by atoms with Crippen molar-refractivity contribution in [2.75, 3.05) is 0 Å². The molecular weight excluding hydrogens is 245 g/mol. The molecule has 1 aromatic heterocycles. The monoisotopic (exact) mass is 254 g/mol. The Balaban J connectivity index is 2.50.